The van der Waals surface area contributed by atoms with Crippen molar-refractivity contribution in [1.82, 2.24) is 25.1 Å². The molecule has 30 heavy (non-hydrogen) atoms. The standard InChI is InChI=1S/C22H24BrN5OS/c1-28-17-3-2-15(23)7-16(17)19-20(28)24-21(27-26-19)30-11-18(29)25-22-8-12-4-13(9-22)6-14(5-12)10-22/h2-3,7,12-14H,4-6,8-11H2,1H3,(H,25,29). The number of rotatable bonds is 4. The minimum absolute atomic E-state index is 0.0542. The molecule has 7 rings (SSSR count). The summed E-state index contributed by atoms with van der Waals surface area (Å²) in [6, 6.07) is 6.10. The molecule has 6 nitrogen and oxygen atoms in total. The molecule has 4 aliphatic carbocycles. The first-order chi connectivity index (χ1) is 14.5. The Labute approximate surface area is 187 Å². The monoisotopic (exact) mass is 485 g/mol. The Morgan fingerprint density at radius 1 is 1.20 bits per heavy atom. The molecule has 1 amide bonds. The molecule has 4 saturated carbocycles. The van der Waals surface area contributed by atoms with Crippen molar-refractivity contribution in [2.75, 3.05) is 5.75 Å². The number of hydrogen-bond donors (Lipinski definition) is 1. The maximum Gasteiger partial charge on any atom is 0.230 e. The van der Waals surface area contributed by atoms with Gasteiger partial charge in [0.1, 0.15) is 5.52 Å². The lowest BCUT2D eigenvalue weighted by atomic mass is 9.53. The van der Waals surface area contributed by atoms with Crippen LogP contribution in [0.1, 0.15) is 38.5 Å². The highest BCUT2D eigenvalue weighted by atomic mass is 79.9. The van der Waals surface area contributed by atoms with Crippen LogP contribution in [0.4, 0.5) is 0 Å². The van der Waals surface area contributed by atoms with Gasteiger partial charge in [0, 0.05) is 22.4 Å². The van der Waals surface area contributed by atoms with E-state index < -0.39 is 0 Å². The van der Waals surface area contributed by atoms with E-state index in [2.05, 4.69) is 37.5 Å². The first kappa shape index (κ1) is 19.0. The van der Waals surface area contributed by atoms with Gasteiger partial charge in [-0.25, -0.2) is 4.98 Å². The van der Waals surface area contributed by atoms with Crippen LogP contribution in [0.5, 0.6) is 0 Å². The molecule has 4 aliphatic rings. The van der Waals surface area contributed by atoms with Gasteiger partial charge >= 0.3 is 0 Å². The second-order valence-electron chi connectivity index (χ2n) is 9.52. The maximum absolute atomic E-state index is 12.8. The average molecular weight is 486 g/mol. The molecule has 156 valence electrons. The second-order valence-corrected chi connectivity index (χ2v) is 11.4. The molecule has 0 spiro atoms. The summed E-state index contributed by atoms with van der Waals surface area (Å²) in [5.41, 5.74) is 2.70. The van der Waals surface area contributed by atoms with Gasteiger partial charge in [0.25, 0.3) is 0 Å². The first-order valence-corrected chi connectivity index (χ1v) is 12.5. The van der Waals surface area contributed by atoms with Gasteiger partial charge < -0.3 is 9.88 Å². The zero-order chi connectivity index (χ0) is 20.5. The van der Waals surface area contributed by atoms with Crippen molar-refractivity contribution >= 4 is 55.7 Å². The topological polar surface area (TPSA) is 72.7 Å². The van der Waals surface area contributed by atoms with E-state index in [1.54, 1.807) is 0 Å². The Bertz CT molecular complexity index is 1140. The van der Waals surface area contributed by atoms with Gasteiger partial charge in [0.2, 0.25) is 11.1 Å². The Morgan fingerprint density at radius 2 is 1.90 bits per heavy atom. The van der Waals surface area contributed by atoms with Gasteiger partial charge in [-0.2, -0.15) is 0 Å². The van der Waals surface area contributed by atoms with Crippen molar-refractivity contribution < 1.29 is 4.79 Å². The predicted molar refractivity (Wildman–Crippen MR) is 121 cm³/mol. The largest absolute Gasteiger partial charge is 0.350 e. The van der Waals surface area contributed by atoms with Crippen LogP contribution in [0.25, 0.3) is 22.1 Å². The summed E-state index contributed by atoms with van der Waals surface area (Å²) >= 11 is 4.90. The van der Waals surface area contributed by atoms with E-state index in [1.165, 1.54) is 50.3 Å². The molecular formula is C22H24BrN5OS. The number of halogens is 1. The van der Waals surface area contributed by atoms with Crippen molar-refractivity contribution in [2.24, 2.45) is 24.8 Å². The fraction of sp³-hybridized carbons (Fsp3) is 0.545. The molecule has 1 aromatic carbocycles. The number of benzene rings is 1. The van der Waals surface area contributed by atoms with Crippen molar-refractivity contribution in [3.05, 3.63) is 22.7 Å². The van der Waals surface area contributed by atoms with E-state index in [0.717, 1.165) is 44.3 Å². The average Bonchev–Trinajstić information content (AvgIpc) is 2.96. The highest BCUT2D eigenvalue weighted by molar-refractivity contribution is 9.10. The van der Waals surface area contributed by atoms with E-state index >= 15 is 0 Å². The van der Waals surface area contributed by atoms with Crippen molar-refractivity contribution in [2.45, 2.75) is 49.2 Å². The molecule has 0 aliphatic heterocycles. The van der Waals surface area contributed by atoms with Gasteiger partial charge in [-0.05, 0) is 74.5 Å². The van der Waals surface area contributed by atoms with Crippen molar-refractivity contribution in [3.63, 3.8) is 0 Å². The van der Waals surface area contributed by atoms with E-state index in [0.29, 0.717) is 10.9 Å². The number of thioether (sulfide) groups is 1. The third-order valence-corrected chi connectivity index (χ3v) is 8.65. The number of amides is 1. The Morgan fingerprint density at radius 3 is 2.60 bits per heavy atom. The van der Waals surface area contributed by atoms with Crippen LogP contribution in [0, 0.1) is 17.8 Å². The number of aromatic nitrogens is 4. The normalized spacial score (nSPS) is 29.7. The lowest BCUT2D eigenvalue weighted by molar-refractivity contribution is -0.124. The van der Waals surface area contributed by atoms with Crippen LogP contribution in [0.3, 0.4) is 0 Å². The quantitative estimate of drug-likeness (QED) is 0.552. The van der Waals surface area contributed by atoms with Gasteiger partial charge in [-0.3, -0.25) is 4.79 Å². The number of carbonyl (C=O) groups excluding carboxylic acids is 1. The maximum atomic E-state index is 12.8. The number of hydrogen-bond acceptors (Lipinski definition) is 5. The Hall–Kier alpha value is -1.67. The molecule has 0 atom stereocenters. The van der Waals surface area contributed by atoms with Gasteiger partial charge in [0.15, 0.2) is 5.65 Å². The summed E-state index contributed by atoms with van der Waals surface area (Å²) in [5, 5.41) is 13.7. The zero-order valence-electron chi connectivity index (χ0n) is 16.9. The number of nitrogens with zero attached hydrogens (tertiary/aromatic N) is 4. The van der Waals surface area contributed by atoms with Crippen LogP contribution in [0.15, 0.2) is 27.8 Å². The molecule has 4 fully saturated rings. The zero-order valence-corrected chi connectivity index (χ0v) is 19.3. The predicted octanol–water partition coefficient (Wildman–Crippen LogP) is 4.46. The third-order valence-electron chi connectivity index (χ3n) is 7.32. The molecule has 4 bridgehead atoms. The number of nitrogens with one attached hydrogen (secondary N) is 1. The molecule has 0 radical (unpaired) electrons. The minimum atomic E-state index is 0.0542. The van der Waals surface area contributed by atoms with Crippen LogP contribution in [-0.2, 0) is 11.8 Å². The molecule has 3 aromatic rings. The van der Waals surface area contributed by atoms with Gasteiger partial charge in [0.05, 0.1) is 11.3 Å². The molecule has 0 unspecified atom stereocenters. The molecule has 2 heterocycles. The fourth-order valence-electron chi connectivity index (χ4n) is 6.60. The van der Waals surface area contributed by atoms with Crippen LogP contribution >= 0.6 is 27.7 Å². The number of carbonyl (C=O) groups is 1. The van der Waals surface area contributed by atoms with E-state index in [-0.39, 0.29) is 11.4 Å². The Balaban J connectivity index is 1.18. The molecule has 8 heteroatoms. The summed E-state index contributed by atoms with van der Waals surface area (Å²) in [5.74, 6) is 2.92. The fourth-order valence-corrected chi connectivity index (χ4v) is 7.55. The van der Waals surface area contributed by atoms with Crippen molar-refractivity contribution in [3.8, 4) is 0 Å². The summed E-state index contributed by atoms with van der Waals surface area (Å²) in [6.07, 6.45) is 7.65. The van der Waals surface area contributed by atoms with E-state index in [4.69, 9.17) is 4.98 Å². The summed E-state index contributed by atoms with van der Waals surface area (Å²) in [6.45, 7) is 0. The van der Waals surface area contributed by atoms with Crippen molar-refractivity contribution in [1.29, 1.82) is 0 Å². The lowest BCUT2D eigenvalue weighted by Crippen LogP contribution is -2.60. The summed E-state index contributed by atoms with van der Waals surface area (Å²) < 4.78 is 3.04. The van der Waals surface area contributed by atoms with Crippen LogP contribution in [0.2, 0.25) is 0 Å². The van der Waals surface area contributed by atoms with Gasteiger partial charge in [-0.15, -0.1) is 10.2 Å². The lowest BCUT2D eigenvalue weighted by Gasteiger charge is -2.56. The molecular weight excluding hydrogens is 462 g/mol. The third kappa shape index (κ3) is 3.14. The molecule has 0 saturated heterocycles. The Kier molecular flexibility index (Phi) is 4.39. The number of fused-ring (bicyclic) bond motifs is 3. The van der Waals surface area contributed by atoms with Crippen LogP contribution < -0.4 is 5.32 Å². The first-order valence-electron chi connectivity index (χ1n) is 10.7. The SMILES string of the molecule is Cn1c2ccc(Br)cc2c2nnc(SCC(=O)NC34CC5CC(CC(C5)C3)C4)nc21. The molecule has 1 N–H and O–H groups in total. The summed E-state index contributed by atoms with van der Waals surface area (Å²) in [4.78, 5) is 17.5. The smallest absolute Gasteiger partial charge is 0.230 e. The van der Waals surface area contributed by atoms with Crippen LogP contribution in [-0.4, -0.2) is 36.9 Å². The molecule has 2 aromatic heterocycles. The second kappa shape index (κ2) is 6.92. The van der Waals surface area contributed by atoms with E-state index in [1.807, 2.05) is 23.7 Å². The highest BCUT2D eigenvalue weighted by Gasteiger charge is 2.51. The van der Waals surface area contributed by atoms with E-state index in [9.17, 15) is 4.79 Å². The minimum Gasteiger partial charge on any atom is -0.350 e. The summed E-state index contributed by atoms with van der Waals surface area (Å²) in [7, 11) is 1.99. The number of aryl methyl sites for hydroxylation is 1. The van der Waals surface area contributed by atoms with Gasteiger partial charge in [-0.1, -0.05) is 27.7 Å². The highest BCUT2D eigenvalue weighted by Crippen LogP contribution is 2.55.